The van der Waals surface area contributed by atoms with E-state index in [1.165, 1.54) is 32.6 Å². The predicted octanol–water partition coefficient (Wildman–Crippen LogP) is 1.36. The summed E-state index contributed by atoms with van der Waals surface area (Å²) in [4.78, 5) is 33.9. The summed E-state index contributed by atoms with van der Waals surface area (Å²) in [5.74, 6) is 1.80. The van der Waals surface area contributed by atoms with Crippen molar-refractivity contribution < 1.29 is 9.59 Å². The first kappa shape index (κ1) is 18.9. The number of carbonyl (C=O) groups is 2. The highest BCUT2D eigenvalue weighted by molar-refractivity contribution is 5.82. The van der Waals surface area contributed by atoms with E-state index < -0.39 is 0 Å². The van der Waals surface area contributed by atoms with Crippen LogP contribution in [-0.2, 0) is 22.6 Å². The SMILES string of the molecule is CCNC(=O)[C@@H]1C[C@H](NC(C)=O)CN1Cc1cnc(CC2CCCC2)[nH]1. The van der Waals surface area contributed by atoms with Crippen LogP contribution in [0, 0.1) is 5.92 Å². The standard InChI is InChI=1S/C19H31N5O2/c1-3-20-19(26)17-9-15(22-13(2)25)11-24(17)12-16-10-21-18(23-16)8-14-6-4-5-7-14/h10,14-15,17H,3-9,11-12H2,1-2H3,(H,20,26)(H,21,23)(H,22,25)/t15-,17-/m0/s1. The lowest BCUT2D eigenvalue weighted by Gasteiger charge is -2.22. The topological polar surface area (TPSA) is 90.1 Å². The number of amides is 2. The maximum atomic E-state index is 12.4. The van der Waals surface area contributed by atoms with Gasteiger partial charge in [0.2, 0.25) is 11.8 Å². The van der Waals surface area contributed by atoms with E-state index >= 15 is 0 Å². The van der Waals surface area contributed by atoms with E-state index in [1.54, 1.807) is 0 Å². The fourth-order valence-electron chi connectivity index (χ4n) is 4.33. The summed E-state index contributed by atoms with van der Waals surface area (Å²) in [6.45, 7) is 5.39. The molecule has 1 aliphatic heterocycles. The molecule has 0 aromatic carbocycles. The summed E-state index contributed by atoms with van der Waals surface area (Å²) in [7, 11) is 0. The number of aromatic nitrogens is 2. The van der Waals surface area contributed by atoms with Gasteiger partial charge in [-0.1, -0.05) is 25.7 Å². The largest absolute Gasteiger partial charge is 0.355 e. The van der Waals surface area contributed by atoms with Crippen LogP contribution in [0.5, 0.6) is 0 Å². The highest BCUT2D eigenvalue weighted by Crippen LogP contribution is 2.27. The fourth-order valence-corrected chi connectivity index (χ4v) is 4.33. The Balaban J connectivity index is 1.62. The minimum absolute atomic E-state index is 0.0148. The lowest BCUT2D eigenvalue weighted by Crippen LogP contribution is -2.42. The Labute approximate surface area is 155 Å². The average molecular weight is 361 g/mol. The van der Waals surface area contributed by atoms with Gasteiger partial charge in [0.15, 0.2) is 0 Å². The molecule has 26 heavy (non-hydrogen) atoms. The molecule has 7 heteroatoms. The van der Waals surface area contributed by atoms with Crippen LogP contribution in [-0.4, -0.2) is 51.9 Å². The van der Waals surface area contributed by atoms with Gasteiger partial charge >= 0.3 is 0 Å². The zero-order valence-electron chi connectivity index (χ0n) is 15.9. The van der Waals surface area contributed by atoms with Gasteiger partial charge in [-0.25, -0.2) is 4.98 Å². The first-order valence-electron chi connectivity index (χ1n) is 9.86. The smallest absolute Gasteiger partial charge is 0.237 e. The van der Waals surface area contributed by atoms with Gasteiger partial charge in [0.25, 0.3) is 0 Å². The van der Waals surface area contributed by atoms with Gasteiger partial charge in [0.1, 0.15) is 5.82 Å². The van der Waals surface area contributed by atoms with Crippen LogP contribution in [0.1, 0.15) is 57.5 Å². The summed E-state index contributed by atoms with van der Waals surface area (Å²) < 4.78 is 0. The quantitative estimate of drug-likeness (QED) is 0.684. The molecule has 2 aliphatic rings. The molecular formula is C19H31N5O2. The minimum Gasteiger partial charge on any atom is -0.355 e. The zero-order chi connectivity index (χ0) is 18.5. The number of likely N-dealkylation sites (tertiary alicyclic amines) is 1. The van der Waals surface area contributed by atoms with Gasteiger partial charge in [-0.3, -0.25) is 14.5 Å². The van der Waals surface area contributed by atoms with Crippen LogP contribution in [0.15, 0.2) is 6.20 Å². The van der Waals surface area contributed by atoms with Crippen LogP contribution >= 0.6 is 0 Å². The molecule has 1 saturated carbocycles. The van der Waals surface area contributed by atoms with Crippen molar-refractivity contribution in [2.24, 2.45) is 5.92 Å². The monoisotopic (exact) mass is 361 g/mol. The third kappa shape index (κ3) is 4.84. The molecule has 0 spiro atoms. The molecule has 144 valence electrons. The summed E-state index contributed by atoms with van der Waals surface area (Å²) >= 11 is 0. The van der Waals surface area contributed by atoms with Gasteiger partial charge in [0, 0.05) is 50.9 Å². The van der Waals surface area contributed by atoms with Crippen molar-refractivity contribution in [3.8, 4) is 0 Å². The second kappa shape index (κ2) is 8.66. The predicted molar refractivity (Wildman–Crippen MR) is 99.4 cm³/mol. The number of likely N-dealkylation sites (N-methyl/N-ethyl adjacent to an activating group) is 1. The normalized spacial score (nSPS) is 24.1. The van der Waals surface area contributed by atoms with Crippen molar-refractivity contribution in [1.82, 2.24) is 25.5 Å². The van der Waals surface area contributed by atoms with E-state index in [-0.39, 0.29) is 23.9 Å². The zero-order valence-corrected chi connectivity index (χ0v) is 15.9. The number of hydrogen-bond donors (Lipinski definition) is 3. The molecule has 1 saturated heterocycles. The van der Waals surface area contributed by atoms with Crippen LogP contribution < -0.4 is 10.6 Å². The van der Waals surface area contributed by atoms with E-state index in [4.69, 9.17) is 0 Å². The fraction of sp³-hybridized carbons (Fsp3) is 0.737. The van der Waals surface area contributed by atoms with Gasteiger partial charge in [-0.15, -0.1) is 0 Å². The lowest BCUT2D eigenvalue weighted by molar-refractivity contribution is -0.125. The lowest BCUT2D eigenvalue weighted by atomic mass is 10.0. The highest BCUT2D eigenvalue weighted by atomic mass is 16.2. The van der Waals surface area contributed by atoms with Gasteiger partial charge in [0.05, 0.1) is 6.04 Å². The number of aromatic amines is 1. The number of imidazole rings is 1. The number of nitrogens with one attached hydrogen (secondary N) is 3. The molecule has 1 aliphatic carbocycles. The van der Waals surface area contributed by atoms with Crippen LogP contribution in [0.4, 0.5) is 0 Å². The van der Waals surface area contributed by atoms with Crippen molar-refractivity contribution in [2.45, 2.75) is 71.0 Å². The van der Waals surface area contributed by atoms with Crippen LogP contribution in [0.25, 0.3) is 0 Å². The van der Waals surface area contributed by atoms with Crippen molar-refractivity contribution in [1.29, 1.82) is 0 Å². The third-order valence-corrected chi connectivity index (χ3v) is 5.48. The average Bonchev–Trinajstić information content (AvgIpc) is 3.30. The van der Waals surface area contributed by atoms with E-state index in [0.717, 1.165) is 23.9 Å². The summed E-state index contributed by atoms with van der Waals surface area (Å²) in [6, 6.07) is -0.200. The van der Waals surface area contributed by atoms with Crippen molar-refractivity contribution in [3.05, 3.63) is 17.7 Å². The minimum atomic E-state index is -0.214. The Morgan fingerprint density at radius 2 is 2.12 bits per heavy atom. The second-order valence-corrected chi connectivity index (χ2v) is 7.68. The van der Waals surface area contributed by atoms with Crippen molar-refractivity contribution in [2.75, 3.05) is 13.1 Å². The molecule has 2 atom stereocenters. The molecule has 0 unspecified atom stereocenters. The Bertz CT molecular complexity index is 623. The van der Waals surface area contributed by atoms with Crippen molar-refractivity contribution in [3.63, 3.8) is 0 Å². The maximum Gasteiger partial charge on any atom is 0.237 e. The second-order valence-electron chi connectivity index (χ2n) is 7.68. The molecule has 3 rings (SSSR count). The van der Waals surface area contributed by atoms with E-state index in [2.05, 4.69) is 25.5 Å². The first-order valence-corrected chi connectivity index (χ1v) is 9.86. The number of rotatable bonds is 7. The van der Waals surface area contributed by atoms with Gasteiger partial charge in [-0.05, 0) is 19.3 Å². The summed E-state index contributed by atoms with van der Waals surface area (Å²) in [6.07, 6.45) is 8.85. The molecule has 2 heterocycles. The number of carbonyl (C=O) groups excluding carboxylic acids is 2. The van der Waals surface area contributed by atoms with Crippen LogP contribution in [0.3, 0.4) is 0 Å². The van der Waals surface area contributed by atoms with E-state index in [1.807, 2.05) is 13.1 Å². The van der Waals surface area contributed by atoms with Gasteiger partial charge in [-0.2, -0.15) is 0 Å². The third-order valence-electron chi connectivity index (χ3n) is 5.48. The molecule has 2 amide bonds. The highest BCUT2D eigenvalue weighted by Gasteiger charge is 2.37. The molecule has 0 bridgehead atoms. The molecular weight excluding hydrogens is 330 g/mol. The molecule has 7 nitrogen and oxygen atoms in total. The molecule has 1 aromatic heterocycles. The maximum absolute atomic E-state index is 12.4. The molecule has 1 aromatic rings. The number of H-pyrrole nitrogens is 1. The Morgan fingerprint density at radius 3 is 2.81 bits per heavy atom. The Morgan fingerprint density at radius 1 is 1.35 bits per heavy atom. The summed E-state index contributed by atoms with van der Waals surface area (Å²) in [5.41, 5.74) is 1.04. The Kier molecular flexibility index (Phi) is 6.29. The van der Waals surface area contributed by atoms with Crippen molar-refractivity contribution >= 4 is 11.8 Å². The number of nitrogens with zero attached hydrogens (tertiary/aromatic N) is 2. The molecule has 3 N–H and O–H groups in total. The van der Waals surface area contributed by atoms with Crippen LogP contribution in [0.2, 0.25) is 0 Å². The van der Waals surface area contributed by atoms with E-state index in [0.29, 0.717) is 26.1 Å². The van der Waals surface area contributed by atoms with Gasteiger partial charge < -0.3 is 15.6 Å². The molecule has 2 fully saturated rings. The molecule has 0 radical (unpaired) electrons. The summed E-state index contributed by atoms with van der Waals surface area (Å²) in [5, 5.41) is 5.86. The Hall–Kier alpha value is -1.89. The number of hydrogen-bond acceptors (Lipinski definition) is 4. The first-order chi connectivity index (χ1) is 12.5. The van der Waals surface area contributed by atoms with E-state index in [9.17, 15) is 9.59 Å².